The van der Waals surface area contributed by atoms with E-state index in [0.717, 1.165) is 32.1 Å². The molecule has 0 aromatic carbocycles. The summed E-state index contributed by atoms with van der Waals surface area (Å²) in [5.74, 6) is -1.33. The van der Waals surface area contributed by atoms with Gasteiger partial charge in [-0.15, -0.1) is 0 Å². The van der Waals surface area contributed by atoms with Crippen molar-refractivity contribution in [3.05, 3.63) is 0 Å². The van der Waals surface area contributed by atoms with Gasteiger partial charge in [-0.3, -0.25) is 14.4 Å². The molecule has 2 atom stereocenters. The van der Waals surface area contributed by atoms with Gasteiger partial charge in [0.05, 0.1) is 19.6 Å². The lowest BCUT2D eigenvalue weighted by Gasteiger charge is -2.19. The minimum atomic E-state index is -0.920. The molecule has 0 saturated carbocycles. The molecule has 0 heterocycles. The first-order chi connectivity index (χ1) is 12.3. The number of hydrogen-bond acceptors (Lipinski definition) is 5. The Bertz CT molecular complexity index is 468. The molecular formula is C18H33N3O5. The molecule has 0 saturated heterocycles. The van der Waals surface area contributed by atoms with Crippen LogP contribution in [0, 0.1) is 5.92 Å². The van der Waals surface area contributed by atoms with Gasteiger partial charge >= 0.3 is 6.09 Å². The molecule has 0 radical (unpaired) electrons. The van der Waals surface area contributed by atoms with E-state index in [1.807, 2.05) is 0 Å². The summed E-state index contributed by atoms with van der Waals surface area (Å²) in [5.41, 5.74) is 5.19. The lowest BCUT2D eigenvalue weighted by atomic mass is 9.97. The predicted octanol–water partition coefficient (Wildman–Crippen LogP) is 1.66. The second kappa shape index (κ2) is 14.1. The Kier molecular flexibility index (Phi) is 12.9. The number of alkyl carbamates (subject to hydrolysis) is 1. The number of amides is 3. The first-order valence-electron chi connectivity index (χ1n) is 9.22. The number of rotatable bonds is 14. The molecule has 150 valence electrons. The number of nitrogens with two attached hydrogens (primary N) is 1. The van der Waals surface area contributed by atoms with Crippen molar-refractivity contribution in [2.75, 3.05) is 13.7 Å². The standard InChI is InChI=1S/C18H33N3O5/c1-4-5-6-7-8-9-17(24)21-14(11-16(19)23)15(22)10-13(2)12-20-18(25)26-3/h13-14H,4-12H2,1-3H3,(H2,19,23)(H,20,25)(H,21,24)/t13-,14-/m1/s1. The third-order valence-corrected chi connectivity index (χ3v) is 3.97. The molecule has 0 spiro atoms. The topological polar surface area (TPSA) is 128 Å². The third-order valence-electron chi connectivity index (χ3n) is 3.97. The van der Waals surface area contributed by atoms with Gasteiger partial charge in [0, 0.05) is 19.4 Å². The molecule has 0 aliphatic heterocycles. The molecule has 3 amide bonds. The Balaban J connectivity index is 4.43. The number of nitrogens with one attached hydrogen (secondary N) is 2. The summed E-state index contributed by atoms with van der Waals surface area (Å²) in [6.07, 6.45) is 4.70. The highest BCUT2D eigenvalue weighted by Crippen LogP contribution is 2.08. The van der Waals surface area contributed by atoms with Crippen molar-refractivity contribution in [1.82, 2.24) is 10.6 Å². The minimum Gasteiger partial charge on any atom is -0.453 e. The largest absolute Gasteiger partial charge is 0.453 e. The number of carbonyl (C=O) groups is 4. The number of ketones is 1. The first kappa shape index (κ1) is 23.9. The lowest BCUT2D eigenvalue weighted by molar-refractivity contribution is -0.130. The second-order valence-corrected chi connectivity index (χ2v) is 6.60. The zero-order valence-corrected chi connectivity index (χ0v) is 16.1. The maximum Gasteiger partial charge on any atom is 0.406 e. The van der Waals surface area contributed by atoms with Crippen molar-refractivity contribution >= 4 is 23.7 Å². The number of carbonyl (C=O) groups excluding carboxylic acids is 4. The summed E-state index contributed by atoms with van der Waals surface area (Å²) in [6, 6.07) is -0.920. The van der Waals surface area contributed by atoms with Crippen LogP contribution in [0.3, 0.4) is 0 Å². The molecular weight excluding hydrogens is 338 g/mol. The van der Waals surface area contributed by atoms with Gasteiger partial charge in [-0.25, -0.2) is 4.79 Å². The zero-order valence-electron chi connectivity index (χ0n) is 16.1. The van der Waals surface area contributed by atoms with E-state index in [-0.39, 0.29) is 37.0 Å². The van der Waals surface area contributed by atoms with Crippen molar-refractivity contribution in [1.29, 1.82) is 0 Å². The van der Waals surface area contributed by atoms with Crippen LogP contribution in [0.25, 0.3) is 0 Å². The Hall–Kier alpha value is -2.12. The van der Waals surface area contributed by atoms with Crippen molar-refractivity contribution in [3.8, 4) is 0 Å². The van der Waals surface area contributed by atoms with Crippen molar-refractivity contribution in [2.24, 2.45) is 11.7 Å². The monoisotopic (exact) mass is 371 g/mol. The molecule has 0 fully saturated rings. The van der Waals surface area contributed by atoms with E-state index in [0.29, 0.717) is 6.42 Å². The SMILES string of the molecule is CCCCCCCC(=O)N[C@H](CC(N)=O)C(=O)C[C@@H](C)CNC(=O)OC. The molecule has 0 aromatic heterocycles. The second-order valence-electron chi connectivity index (χ2n) is 6.60. The van der Waals surface area contributed by atoms with Crippen molar-refractivity contribution in [3.63, 3.8) is 0 Å². The maximum atomic E-state index is 12.4. The summed E-state index contributed by atoms with van der Waals surface area (Å²) in [4.78, 5) is 46.7. The molecule has 26 heavy (non-hydrogen) atoms. The molecule has 0 rings (SSSR count). The van der Waals surface area contributed by atoms with Gasteiger partial charge in [0.2, 0.25) is 11.8 Å². The molecule has 8 nitrogen and oxygen atoms in total. The van der Waals surface area contributed by atoms with Crippen LogP contribution in [0.2, 0.25) is 0 Å². The summed E-state index contributed by atoms with van der Waals surface area (Å²) in [6.45, 7) is 4.16. The maximum absolute atomic E-state index is 12.4. The Morgan fingerprint density at radius 2 is 1.69 bits per heavy atom. The van der Waals surface area contributed by atoms with Gasteiger partial charge in [-0.2, -0.15) is 0 Å². The van der Waals surface area contributed by atoms with E-state index in [4.69, 9.17) is 5.73 Å². The zero-order chi connectivity index (χ0) is 19.9. The summed E-state index contributed by atoms with van der Waals surface area (Å²) < 4.78 is 4.47. The van der Waals surface area contributed by atoms with Crippen LogP contribution in [0.15, 0.2) is 0 Å². The molecule has 8 heteroatoms. The minimum absolute atomic E-state index is 0.110. The van der Waals surface area contributed by atoms with Gasteiger partial charge < -0.3 is 21.1 Å². The van der Waals surface area contributed by atoms with Crippen LogP contribution in [-0.4, -0.2) is 43.4 Å². The molecule has 0 bridgehead atoms. The van der Waals surface area contributed by atoms with Crippen LogP contribution >= 0.6 is 0 Å². The number of unbranched alkanes of at least 4 members (excludes halogenated alkanes) is 4. The van der Waals surface area contributed by atoms with E-state index in [1.165, 1.54) is 7.11 Å². The van der Waals surface area contributed by atoms with Crippen molar-refractivity contribution < 1.29 is 23.9 Å². The molecule has 0 aliphatic rings. The molecule has 0 unspecified atom stereocenters. The molecule has 0 aliphatic carbocycles. The Morgan fingerprint density at radius 1 is 1.04 bits per heavy atom. The lowest BCUT2D eigenvalue weighted by Crippen LogP contribution is -2.44. The van der Waals surface area contributed by atoms with E-state index in [2.05, 4.69) is 22.3 Å². The number of Topliss-reactive ketones (excluding diaryl/α,β-unsaturated/α-hetero) is 1. The Morgan fingerprint density at radius 3 is 2.27 bits per heavy atom. The van der Waals surface area contributed by atoms with E-state index in [1.54, 1.807) is 6.92 Å². The number of primary amides is 1. The highest BCUT2D eigenvalue weighted by molar-refractivity contribution is 5.92. The van der Waals surface area contributed by atoms with Gasteiger partial charge in [0.25, 0.3) is 0 Å². The predicted molar refractivity (Wildman–Crippen MR) is 98.3 cm³/mol. The Labute approximate surface area is 155 Å². The molecule has 0 aromatic rings. The van der Waals surface area contributed by atoms with Crippen LogP contribution in [0.1, 0.15) is 65.2 Å². The average molecular weight is 371 g/mol. The van der Waals surface area contributed by atoms with E-state index in [9.17, 15) is 19.2 Å². The third kappa shape index (κ3) is 12.3. The fraction of sp³-hybridized carbons (Fsp3) is 0.778. The fourth-order valence-electron chi connectivity index (χ4n) is 2.49. The number of methoxy groups -OCH3 is 1. The van der Waals surface area contributed by atoms with Crippen LogP contribution < -0.4 is 16.4 Å². The fourth-order valence-corrected chi connectivity index (χ4v) is 2.49. The normalized spacial score (nSPS) is 12.7. The smallest absolute Gasteiger partial charge is 0.406 e. The number of hydrogen-bond donors (Lipinski definition) is 3. The van der Waals surface area contributed by atoms with E-state index < -0.39 is 18.0 Å². The van der Waals surface area contributed by atoms with Crippen molar-refractivity contribution in [2.45, 2.75) is 71.3 Å². The highest BCUT2D eigenvalue weighted by Gasteiger charge is 2.24. The summed E-state index contributed by atoms with van der Waals surface area (Å²) >= 11 is 0. The van der Waals surface area contributed by atoms with Gasteiger partial charge in [-0.05, 0) is 12.3 Å². The van der Waals surface area contributed by atoms with Crippen LogP contribution in [-0.2, 0) is 19.1 Å². The summed E-state index contributed by atoms with van der Waals surface area (Å²) in [7, 11) is 1.26. The summed E-state index contributed by atoms with van der Waals surface area (Å²) in [5, 5.41) is 5.13. The molecule has 4 N–H and O–H groups in total. The van der Waals surface area contributed by atoms with Gasteiger partial charge in [0.1, 0.15) is 0 Å². The quantitative estimate of drug-likeness (QED) is 0.400. The highest BCUT2D eigenvalue weighted by atomic mass is 16.5. The van der Waals surface area contributed by atoms with Gasteiger partial charge in [0.15, 0.2) is 5.78 Å². The van der Waals surface area contributed by atoms with E-state index >= 15 is 0 Å². The first-order valence-corrected chi connectivity index (χ1v) is 9.22. The van der Waals surface area contributed by atoms with Crippen LogP contribution in [0.5, 0.6) is 0 Å². The average Bonchev–Trinajstić information content (AvgIpc) is 2.58. The number of ether oxygens (including phenoxy) is 1. The van der Waals surface area contributed by atoms with Crippen LogP contribution in [0.4, 0.5) is 4.79 Å². The van der Waals surface area contributed by atoms with Gasteiger partial charge in [-0.1, -0.05) is 39.5 Å².